The molecule has 0 atom stereocenters. The molecule has 18 heavy (non-hydrogen) atoms. The zero-order chi connectivity index (χ0) is 12.8. The molecule has 0 fully saturated rings. The smallest absolute Gasteiger partial charge is 0.744 e. The SMILES string of the molecule is Cc1c(C)c(S(=O)(=O)[O-])c2ccccc2c1C.[Na+]. The molecule has 0 aromatic heterocycles. The molecule has 0 radical (unpaired) electrons. The number of benzene rings is 2. The molecule has 2 aromatic rings. The Morgan fingerprint density at radius 2 is 1.39 bits per heavy atom. The minimum atomic E-state index is -4.45. The molecule has 5 heteroatoms. The van der Waals surface area contributed by atoms with Gasteiger partial charge in [0.2, 0.25) is 0 Å². The first-order valence-electron chi connectivity index (χ1n) is 5.28. The van der Waals surface area contributed by atoms with Crippen molar-refractivity contribution >= 4 is 20.9 Å². The quantitative estimate of drug-likeness (QED) is 0.528. The largest absolute Gasteiger partial charge is 1.00 e. The maximum Gasteiger partial charge on any atom is 1.00 e. The van der Waals surface area contributed by atoms with Crippen molar-refractivity contribution in [1.82, 2.24) is 0 Å². The van der Waals surface area contributed by atoms with E-state index in [2.05, 4.69) is 0 Å². The molecule has 2 rings (SSSR count). The number of hydrogen-bond donors (Lipinski definition) is 0. The topological polar surface area (TPSA) is 57.2 Å². The van der Waals surface area contributed by atoms with Crippen LogP contribution < -0.4 is 29.6 Å². The van der Waals surface area contributed by atoms with Gasteiger partial charge in [-0.3, -0.25) is 0 Å². The monoisotopic (exact) mass is 272 g/mol. The van der Waals surface area contributed by atoms with E-state index in [-0.39, 0.29) is 34.5 Å². The van der Waals surface area contributed by atoms with Crippen molar-refractivity contribution in [3.05, 3.63) is 41.0 Å². The molecule has 0 saturated heterocycles. The van der Waals surface area contributed by atoms with Gasteiger partial charge in [-0.05, 0) is 48.2 Å². The number of hydrogen-bond acceptors (Lipinski definition) is 3. The molecular formula is C13H13NaO3S. The van der Waals surface area contributed by atoms with Crippen LogP contribution in [-0.4, -0.2) is 13.0 Å². The van der Waals surface area contributed by atoms with Crippen LogP contribution in [-0.2, 0) is 10.1 Å². The summed E-state index contributed by atoms with van der Waals surface area (Å²) in [6, 6.07) is 7.10. The van der Waals surface area contributed by atoms with Crippen LogP contribution in [0.2, 0.25) is 0 Å². The summed E-state index contributed by atoms with van der Waals surface area (Å²) in [6.07, 6.45) is 0. The van der Waals surface area contributed by atoms with Crippen molar-refractivity contribution < 1.29 is 42.5 Å². The Bertz CT molecular complexity index is 706. The Hall–Kier alpha value is -0.390. The average molecular weight is 272 g/mol. The predicted octanol–water partition coefficient (Wildman–Crippen LogP) is -0.327. The molecule has 0 bridgehead atoms. The van der Waals surface area contributed by atoms with Crippen LogP contribution >= 0.6 is 0 Å². The molecule has 0 unspecified atom stereocenters. The van der Waals surface area contributed by atoms with E-state index in [1.807, 2.05) is 26.0 Å². The van der Waals surface area contributed by atoms with Gasteiger partial charge >= 0.3 is 29.6 Å². The van der Waals surface area contributed by atoms with Gasteiger partial charge in [-0.1, -0.05) is 24.3 Å². The maximum absolute atomic E-state index is 11.4. The van der Waals surface area contributed by atoms with E-state index < -0.39 is 10.1 Å². The predicted molar refractivity (Wildman–Crippen MR) is 66.1 cm³/mol. The van der Waals surface area contributed by atoms with Crippen LogP contribution in [0, 0.1) is 20.8 Å². The van der Waals surface area contributed by atoms with Gasteiger partial charge in [-0.15, -0.1) is 0 Å². The fraction of sp³-hybridized carbons (Fsp3) is 0.231. The summed E-state index contributed by atoms with van der Waals surface area (Å²) in [4.78, 5) is -0.0869. The molecule has 0 aliphatic heterocycles. The fourth-order valence-corrected chi connectivity index (χ4v) is 3.16. The Labute approximate surface area is 129 Å². The minimum Gasteiger partial charge on any atom is -0.744 e. The van der Waals surface area contributed by atoms with Gasteiger partial charge < -0.3 is 4.55 Å². The van der Waals surface area contributed by atoms with Crippen molar-refractivity contribution in [1.29, 1.82) is 0 Å². The van der Waals surface area contributed by atoms with Crippen molar-refractivity contribution in [2.75, 3.05) is 0 Å². The van der Waals surface area contributed by atoms with Gasteiger partial charge in [0.25, 0.3) is 0 Å². The van der Waals surface area contributed by atoms with Crippen molar-refractivity contribution in [2.45, 2.75) is 25.7 Å². The van der Waals surface area contributed by atoms with E-state index in [1.54, 1.807) is 19.1 Å². The second kappa shape index (κ2) is 5.31. The molecule has 0 N–H and O–H groups in total. The average Bonchev–Trinajstić information content (AvgIpc) is 2.24. The molecule has 0 spiro atoms. The molecule has 90 valence electrons. The van der Waals surface area contributed by atoms with Crippen molar-refractivity contribution in [2.24, 2.45) is 0 Å². The molecule has 0 amide bonds. The zero-order valence-electron chi connectivity index (χ0n) is 10.9. The minimum absolute atomic E-state index is 0. The molecule has 0 aliphatic carbocycles. The zero-order valence-corrected chi connectivity index (χ0v) is 13.8. The third-order valence-corrected chi connectivity index (χ3v) is 4.32. The summed E-state index contributed by atoms with van der Waals surface area (Å²) in [6.45, 7) is 5.46. The van der Waals surface area contributed by atoms with Gasteiger partial charge in [0, 0.05) is 0 Å². The summed E-state index contributed by atoms with van der Waals surface area (Å²) >= 11 is 0. The van der Waals surface area contributed by atoms with Gasteiger partial charge in [0.1, 0.15) is 10.1 Å². The van der Waals surface area contributed by atoms with Gasteiger partial charge in [0.05, 0.1) is 4.90 Å². The van der Waals surface area contributed by atoms with E-state index in [0.717, 1.165) is 16.5 Å². The first-order chi connectivity index (χ1) is 7.84. The van der Waals surface area contributed by atoms with Crippen LogP contribution in [0.25, 0.3) is 10.8 Å². The molecule has 0 heterocycles. The van der Waals surface area contributed by atoms with E-state index in [0.29, 0.717) is 10.9 Å². The van der Waals surface area contributed by atoms with Gasteiger partial charge in [0.15, 0.2) is 0 Å². The normalized spacial score (nSPS) is 11.3. The second-order valence-electron chi connectivity index (χ2n) is 4.20. The third kappa shape index (κ3) is 2.49. The first kappa shape index (κ1) is 15.7. The Balaban J connectivity index is 0.00000162. The fourth-order valence-electron chi connectivity index (χ4n) is 2.19. The summed E-state index contributed by atoms with van der Waals surface area (Å²) in [5, 5.41) is 1.34. The van der Waals surface area contributed by atoms with Gasteiger partial charge in [-0.2, -0.15) is 0 Å². The van der Waals surface area contributed by atoms with E-state index >= 15 is 0 Å². The number of rotatable bonds is 1. The van der Waals surface area contributed by atoms with Crippen LogP contribution in [0.4, 0.5) is 0 Å². The molecule has 3 nitrogen and oxygen atoms in total. The van der Waals surface area contributed by atoms with E-state index in [4.69, 9.17) is 0 Å². The van der Waals surface area contributed by atoms with Crippen LogP contribution in [0.1, 0.15) is 16.7 Å². The van der Waals surface area contributed by atoms with Crippen LogP contribution in [0.15, 0.2) is 29.2 Å². The van der Waals surface area contributed by atoms with Gasteiger partial charge in [-0.25, -0.2) is 8.42 Å². The Morgan fingerprint density at radius 3 is 1.89 bits per heavy atom. The third-order valence-electron chi connectivity index (χ3n) is 3.29. The Kier molecular flexibility index (Phi) is 4.62. The van der Waals surface area contributed by atoms with Crippen LogP contribution in [0.5, 0.6) is 0 Å². The maximum atomic E-state index is 11.4. The van der Waals surface area contributed by atoms with Crippen molar-refractivity contribution in [3.63, 3.8) is 0 Å². The molecule has 2 aromatic carbocycles. The summed E-state index contributed by atoms with van der Waals surface area (Å²) in [5.41, 5.74) is 2.43. The molecule has 0 saturated carbocycles. The first-order valence-corrected chi connectivity index (χ1v) is 6.69. The second-order valence-corrected chi connectivity index (χ2v) is 5.52. The van der Waals surface area contributed by atoms with Crippen molar-refractivity contribution in [3.8, 4) is 0 Å². The summed E-state index contributed by atoms with van der Waals surface area (Å²) < 4.78 is 34.1. The molecule has 0 aliphatic rings. The summed E-state index contributed by atoms with van der Waals surface area (Å²) in [7, 11) is -4.45. The van der Waals surface area contributed by atoms with Crippen LogP contribution in [0.3, 0.4) is 0 Å². The van der Waals surface area contributed by atoms with E-state index in [1.165, 1.54) is 0 Å². The van der Waals surface area contributed by atoms with E-state index in [9.17, 15) is 13.0 Å². The number of fused-ring (bicyclic) bond motifs is 1. The standard InChI is InChI=1S/C13H14O3S.Na/c1-8-9(2)11-6-4-5-7-12(11)13(10(8)3)17(14,15)16;/h4-7H,1-3H3,(H,14,15,16);/q;+1/p-1. The molecular weight excluding hydrogens is 259 g/mol. The summed E-state index contributed by atoms with van der Waals surface area (Å²) in [5.74, 6) is 0. The Morgan fingerprint density at radius 1 is 0.889 bits per heavy atom. The number of aryl methyl sites for hydroxylation is 1.